The Labute approximate surface area is 206 Å². The number of anilines is 3. The lowest BCUT2D eigenvalue weighted by Gasteiger charge is -2.32. The van der Waals surface area contributed by atoms with Crippen LogP contribution in [-0.2, 0) is 9.59 Å². The quantitative estimate of drug-likeness (QED) is 0.384. The molecule has 0 atom stereocenters. The van der Waals surface area contributed by atoms with E-state index in [0.717, 1.165) is 16.5 Å². The third kappa shape index (κ3) is 4.95. The highest BCUT2D eigenvalue weighted by molar-refractivity contribution is 7.99. The lowest BCUT2D eigenvalue weighted by Crippen LogP contribution is -2.36. The maximum Gasteiger partial charge on any atom is 0.240 e. The number of carbonyl (C=O) groups excluding carboxylic acids is 2. The van der Waals surface area contributed by atoms with Crippen LogP contribution >= 0.6 is 11.8 Å². The molecule has 2 amide bonds. The van der Waals surface area contributed by atoms with Crippen LogP contribution in [0.2, 0.25) is 0 Å². The zero-order valence-electron chi connectivity index (χ0n) is 19.4. The predicted molar refractivity (Wildman–Crippen MR) is 135 cm³/mol. The van der Waals surface area contributed by atoms with Crippen LogP contribution < -0.4 is 20.7 Å². The topological polar surface area (TPSA) is 92.3 Å². The second kappa shape index (κ2) is 8.88. The standard InChI is InChI=1S/C26H25FN4O3S/c1-25(2)15-35-21-20(11-14-28-22(21)31-25)34-19-9-7-18(8-10-19)30-24(33)26(12-13-26)23(32)29-17-5-3-16(27)4-6-17/h3-11,14H,12-13,15H2,1-2H3,(H,28,31)(H,29,32)(H,30,33). The molecule has 1 saturated carbocycles. The van der Waals surface area contributed by atoms with Crippen molar-refractivity contribution in [3.05, 3.63) is 66.6 Å². The molecule has 1 aromatic heterocycles. The average Bonchev–Trinajstić information content (AvgIpc) is 3.64. The first-order chi connectivity index (χ1) is 16.7. The van der Waals surface area contributed by atoms with Gasteiger partial charge in [0.25, 0.3) is 0 Å². The fraction of sp³-hybridized carbons (Fsp3) is 0.269. The van der Waals surface area contributed by atoms with Crippen molar-refractivity contribution in [3.8, 4) is 11.5 Å². The molecule has 0 radical (unpaired) electrons. The summed E-state index contributed by atoms with van der Waals surface area (Å²) >= 11 is 1.70. The molecular formula is C26H25FN4O3S. The molecule has 1 aliphatic carbocycles. The molecule has 7 nitrogen and oxygen atoms in total. The highest BCUT2D eigenvalue weighted by Gasteiger charge is 2.56. The van der Waals surface area contributed by atoms with Crippen molar-refractivity contribution < 1.29 is 18.7 Å². The summed E-state index contributed by atoms with van der Waals surface area (Å²) in [5, 5.41) is 8.97. The summed E-state index contributed by atoms with van der Waals surface area (Å²) in [6, 6.07) is 14.3. The molecule has 2 aromatic carbocycles. The average molecular weight is 493 g/mol. The van der Waals surface area contributed by atoms with Gasteiger partial charge in [-0.15, -0.1) is 11.8 Å². The summed E-state index contributed by atoms with van der Waals surface area (Å²) < 4.78 is 19.2. The smallest absolute Gasteiger partial charge is 0.240 e. The number of carbonyl (C=O) groups is 2. The van der Waals surface area contributed by atoms with Gasteiger partial charge in [-0.25, -0.2) is 9.37 Å². The van der Waals surface area contributed by atoms with Crippen LogP contribution in [0.15, 0.2) is 65.7 Å². The summed E-state index contributed by atoms with van der Waals surface area (Å²) in [6.07, 6.45) is 2.63. The monoisotopic (exact) mass is 492 g/mol. The van der Waals surface area contributed by atoms with Gasteiger partial charge in [-0.1, -0.05) is 0 Å². The van der Waals surface area contributed by atoms with Crippen LogP contribution in [0.3, 0.4) is 0 Å². The number of amides is 2. The van der Waals surface area contributed by atoms with Crippen LogP contribution in [-0.4, -0.2) is 28.1 Å². The molecule has 9 heteroatoms. The van der Waals surface area contributed by atoms with Gasteiger partial charge in [-0.2, -0.15) is 0 Å². The molecule has 35 heavy (non-hydrogen) atoms. The number of nitrogens with one attached hydrogen (secondary N) is 3. The second-order valence-corrected chi connectivity index (χ2v) is 10.4. The number of nitrogens with zero attached hydrogens (tertiary/aromatic N) is 1. The molecule has 0 spiro atoms. The fourth-order valence-electron chi connectivity index (χ4n) is 3.80. The Morgan fingerprint density at radius 2 is 1.57 bits per heavy atom. The zero-order valence-corrected chi connectivity index (χ0v) is 20.2. The number of fused-ring (bicyclic) bond motifs is 1. The molecule has 1 aliphatic heterocycles. The van der Waals surface area contributed by atoms with Gasteiger partial charge in [-0.3, -0.25) is 9.59 Å². The molecule has 180 valence electrons. The first kappa shape index (κ1) is 23.2. The summed E-state index contributed by atoms with van der Waals surface area (Å²) in [6.45, 7) is 4.26. The molecular weight excluding hydrogens is 467 g/mol. The molecule has 3 N–H and O–H groups in total. The van der Waals surface area contributed by atoms with Crippen molar-refractivity contribution in [2.45, 2.75) is 37.1 Å². The van der Waals surface area contributed by atoms with Crippen LogP contribution in [0.4, 0.5) is 21.6 Å². The third-order valence-corrected chi connectivity index (χ3v) is 7.51. The van der Waals surface area contributed by atoms with Crippen molar-refractivity contribution in [2.24, 2.45) is 5.41 Å². The first-order valence-electron chi connectivity index (χ1n) is 11.3. The van der Waals surface area contributed by atoms with E-state index in [-0.39, 0.29) is 11.4 Å². The normalized spacial score (nSPS) is 16.9. The number of pyridine rings is 1. The molecule has 0 saturated heterocycles. The third-order valence-electron chi connectivity index (χ3n) is 5.96. The Kier molecular flexibility index (Phi) is 5.88. The van der Waals surface area contributed by atoms with Gasteiger partial charge >= 0.3 is 0 Å². The SMILES string of the molecule is CC1(C)CSc2c(Oc3ccc(NC(=O)C4(C(=O)Nc5ccc(F)cc5)CC4)cc3)ccnc2N1. The highest BCUT2D eigenvalue weighted by Crippen LogP contribution is 2.48. The van der Waals surface area contributed by atoms with Gasteiger partial charge < -0.3 is 20.7 Å². The summed E-state index contributed by atoms with van der Waals surface area (Å²) in [4.78, 5) is 31.0. The van der Waals surface area contributed by atoms with E-state index >= 15 is 0 Å². The van der Waals surface area contributed by atoms with Gasteiger partial charge in [0.2, 0.25) is 11.8 Å². The second-order valence-electron chi connectivity index (χ2n) is 9.41. The molecule has 5 rings (SSSR count). The highest BCUT2D eigenvalue weighted by atomic mass is 32.2. The minimum Gasteiger partial charge on any atom is -0.456 e. The van der Waals surface area contributed by atoms with E-state index in [1.807, 2.05) is 6.07 Å². The Bertz CT molecular complexity index is 1270. The van der Waals surface area contributed by atoms with Gasteiger partial charge in [0.05, 0.1) is 4.90 Å². The number of hydrogen-bond acceptors (Lipinski definition) is 6. The van der Waals surface area contributed by atoms with Gasteiger partial charge in [-0.05, 0) is 75.2 Å². The number of aromatic nitrogens is 1. The number of rotatable bonds is 6. The van der Waals surface area contributed by atoms with E-state index in [4.69, 9.17) is 4.74 Å². The Hall–Kier alpha value is -3.59. The molecule has 0 bridgehead atoms. The maximum absolute atomic E-state index is 13.1. The summed E-state index contributed by atoms with van der Waals surface area (Å²) in [7, 11) is 0. The lowest BCUT2D eigenvalue weighted by molar-refractivity contribution is -0.131. The summed E-state index contributed by atoms with van der Waals surface area (Å²) in [5.74, 6) is 1.89. The van der Waals surface area contributed by atoms with Gasteiger partial charge in [0.1, 0.15) is 28.5 Å². The number of ether oxygens (including phenoxy) is 1. The van der Waals surface area contributed by atoms with Crippen molar-refractivity contribution in [2.75, 3.05) is 21.7 Å². The van der Waals surface area contributed by atoms with Crippen LogP contribution in [0.1, 0.15) is 26.7 Å². The van der Waals surface area contributed by atoms with E-state index in [0.29, 0.717) is 35.7 Å². The Morgan fingerprint density at radius 1 is 0.971 bits per heavy atom. The minimum absolute atomic E-state index is 0.0437. The van der Waals surface area contributed by atoms with Crippen molar-refractivity contribution in [1.82, 2.24) is 4.98 Å². The Morgan fingerprint density at radius 3 is 2.17 bits per heavy atom. The van der Waals surface area contributed by atoms with E-state index < -0.39 is 17.1 Å². The molecule has 3 aromatic rings. The van der Waals surface area contributed by atoms with Crippen molar-refractivity contribution >= 4 is 40.8 Å². The van der Waals surface area contributed by atoms with E-state index in [1.54, 1.807) is 42.2 Å². The maximum atomic E-state index is 13.1. The number of thioether (sulfide) groups is 1. The van der Waals surface area contributed by atoms with E-state index in [2.05, 4.69) is 34.8 Å². The van der Waals surface area contributed by atoms with Crippen molar-refractivity contribution in [3.63, 3.8) is 0 Å². The minimum atomic E-state index is -1.11. The van der Waals surface area contributed by atoms with Gasteiger partial charge in [0, 0.05) is 34.9 Å². The molecule has 2 heterocycles. The predicted octanol–water partition coefficient (Wildman–Crippen LogP) is 5.67. The number of benzene rings is 2. The lowest BCUT2D eigenvalue weighted by atomic mass is 10.0. The Balaban J connectivity index is 1.23. The molecule has 0 unspecified atom stereocenters. The largest absolute Gasteiger partial charge is 0.456 e. The van der Waals surface area contributed by atoms with Crippen molar-refractivity contribution in [1.29, 1.82) is 0 Å². The number of halogens is 1. The van der Waals surface area contributed by atoms with Gasteiger partial charge in [0.15, 0.2) is 0 Å². The zero-order chi connectivity index (χ0) is 24.6. The van der Waals surface area contributed by atoms with Crippen LogP contribution in [0.25, 0.3) is 0 Å². The molecule has 2 aliphatic rings. The molecule has 1 fully saturated rings. The van der Waals surface area contributed by atoms with Crippen LogP contribution in [0, 0.1) is 11.2 Å². The number of hydrogen-bond donors (Lipinski definition) is 3. The summed E-state index contributed by atoms with van der Waals surface area (Å²) in [5.41, 5.74) is -0.139. The fourth-order valence-corrected chi connectivity index (χ4v) is 4.87. The van der Waals surface area contributed by atoms with Crippen LogP contribution in [0.5, 0.6) is 11.5 Å². The van der Waals surface area contributed by atoms with E-state index in [1.165, 1.54) is 24.3 Å². The van der Waals surface area contributed by atoms with E-state index in [9.17, 15) is 14.0 Å². The first-order valence-corrected chi connectivity index (χ1v) is 12.3.